The second kappa shape index (κ2) is 5.57. The summed E-state index contributed by atoms with van der Waals surface area (Å²) in [5.74, 6) is 0. The first kappa shape index (κ1) is 10.0. The van der Waals surface area contributed by atoms with E-state index in [0.29, 0.717) is 12.7 Å². The summed E-state index contributed by atoms with van der Waals surface area (Å²) < 4.78 is 5.62. The Morgan fingerprint density at radius 1 is 1.75 bits per heavy atom. The van der Waals surface area contributed by atoms with Crippen LogP contribution in [0.3, 0.4) is 0 Å². The van der Waals surface area contributed by atoms with Crippen molar-refractivity contribution in [3.8, 4) is 0 Å². The molecule has 0 saturated carbocycles. The van der Waals surface area contributed by atoms with Gasteiger partial charge in [0.15, 0.2) is 0 Å². The van der Waals surface area contributed by atoms with E-state index < -0.39 is 0 Å². The minimum atomic E-state index is 0.380. The van der Waals surface area contributed by atoms with Crippen LogP contribution >= 0.6 is 11.6 Å². The first-order valence-corrected chi connectivity index (χ1v) is 4.84. The zero-order valence-corrected chi connectivity index (χ0v) is 8.23. The topological polar surface area (TPSA) is 21.3 Å². The van der Waals surface area contributed by atoms with Crippen molar-refractivity contribution < 1.29 is 4.74 Å². The standard InChI is InChI=1S/C9H16ClNO/c1-8(5-10)7-12-9-3-2-4-11-6-9/h5,9,11H,2-4,6-7H2,1H3/t9-/m0/s1. The van der Waals surface area contributed by atoms with Gasteiger partial charge in [0.2, 0.25) is 0 Å². The summed E-state index contributed by atoms with van der Waals surface area (Å²) in [4.78, 5) is 0. The molecule has 0 amide bonds. The van der Waals surface area contributed by atoms with E-state index in [0.717, 1.165) is 18.7 Å². The number of hydrogen-bond acceptors (Lipinski definition) is 2. The summed E-state index contributed by atoms with van der Waals surface area (Å²) in [6.45, 7) is 4.75. The van der Waals surface area contributed by atoms with E-state index >= 15 is 0 Å². The Morgan fingerprint density at radius 3 is 3.17 bits per heavy atom. The number of piperidine rings is 1. The van der Waals surface area contributed by atoms with E-state index in [9.17, 15) is 0 Å². The molecule has 0 aromatic carbocycles. The van der Waals surface area contributed by atoms with E-state index in [1.165, 1.54) is 12.8 Å². The van der Waals surface area contributed by atoms with Gasteiger partial charge in [-0.2, -0.15) is 0 Å². The average Bonchev–Trinajstić information content (AvgIpc) is 2.16. The Morgan fingerprint density at radius 2 is 2.58 bits per heavy atom. The molecule has 1 aliphatic rings. The molecule has 0 aromatic rings. The van der Waals surface area contributed by atoms with Crippen LogP contribution in [0.2, 0.25) is 0 Å². The number of ether oxygens (including phenoxy) is 1. The summed E-state index contributed by atoms with van der Waals surface area (Å²) in [7, 11) is 0. The lowest BCUT2D eigenvalue weighted by atomic mass is 10.1. The molecule has 1 rings (SSSR count). The number of halogens is 1. The maximum absolute atomic E-state index is 5.62. The van der Waals surface area contributed by atoms with E-state index in [4.69, 9.17) is 16.3 Å². The zero-order chi connectivity index (χ0) is 8.81. The van der Waals surface area contributed by atoms with Crippen molar-refractivity contribution in [1.29, 1.82) is 0 Å². The van der Waals surface area contributed by atoms with Gasteiger partial charge in [0.25, 0.3) is 0 Å². The zero-order valence-electron chi connectivity index (χ0n) is 7.48. The Hall–Kier alpha value is -0.0500. The SMILES string of the molecule is CC(=CCl)CO[C@H]1CCCNC1. The number of rotatable bonds is 3. The third-order valence-electron chi connectivity index (χ3n) is 1.98. The first-order valence-electron chi connectivity index (χ1n) is 4.41. The van der Waals surface area contributed by atoms with Gasteiger partial charge in [0, 0.05) is 12.1 Å². The predicted molar refractivity (Wildman–Crippen MR) is 51.5 cm³/mol. The fourth-order valence-electron chi connectivity index (χ4n) is 1.24. The van der Waals surface area contributed by atoms with E-state index in [1.807, 2.05) is 6.92 Å². The average molecular weight is 190 g/mol. The van der Waals surface area contributed by atoms with Crippen molar-refractivity contribution in [3.05, 3.63) is 11.1 Å². The fraction of sp³-hybridized carbons (Fsp3) is 0.778. The van der Waals surface area contributed by atoms with Gasteiger partial charge in [-0.25, -0.2) is 0 Å². The molecule has 0 unspecified atom stereocenters. The molecule has 0 aromatic heterocycles. The van der Waals surface area contributed by atoms with Crippen molar-refractivity contribution in [2.45, 2.75) is 25.9 Å². The molecule has 1 saturated heterocycles. The first-order chi connectivity index (χ1) is 5.83. The highest BCUT2D eigenvalue weighted by Crippen LogP contribution is 2.07. The Bertz CT molecular complexity index is 153. The second-order valence-corrected chi connectivity index (χ2v) is 3.45. The fourth-order valence-corrected chi connectivity index (χ4v) is 1.31. The second-order valence-electron chi connectivity index (χ2n) is 3.23. The number of hydrogen-bond donors (Lipinski definition) is 1. The summed E-state index contributed by atoms with van der Waals surface area (Å²) >= 11 is 5.51. The highest BCUT2D eigenvalue weighted by molar-refractivity contribution is 6.25. The van der Waals surface area contributed by atoms with E-state index in [2.05, 4.69) is 5.32 Å². The highest BCUT2D eigenvalue weighted by atomic mass is 35.5. The molecule has 0 aliphatic carbocycles. The Labute approximate surface area is 78.9 Å². The Kier molecular flexibility index (Phi) is 4.66. The molecule has 12 heavy (non-hydrogen) atoms. The molecule has 1 fully saturated rings. The molecule has 1 atom stereocenters. The molecule has 0 bridgehead atoms. The molecule has 0 spiro atoms. The monoisotopic (exact) mass is 189 g/mol. The van der Waals surface area contributed by atoms with Gasteiger partial charge in [-0.05, 0) is 31.9 Å². The van der Waals surface area contributed by atoms with Gasteiger partial charge in [-0.15, -0.1) is 0 Å². The molecule has 1 aliphatic heterocycles. The van der Waals surface area contributed by atoms with E-state index in [1.54, 1.807) is 5.54 Å². The molecule has 1 N–H and O–H groups in total. The third kappa shape index (κ3) is 3.57. The maximum atomic E-state index is 5.62. The van der Waals surface area contributed by atoms with Crippen LogP contribution in [-0.2, 0) is 4.74 Å². The summed E-state index contributed by atoms with van der Waals surface area (Å²) in [6.07, 6.45) is 2.77. The molecular formula is C9H16ClNO. The molecule has 2 nitrogen and oxygen atoms in total. The van der Waals surface area contributed by atoms with Crippen LogP contribution in [0.5, 0.6) is 0 Å². The summed E-state index contributed by atoms with van der Waals surface area (Å²) in [6, 6.07) is 0. The molecule has 70 valence electrons. The van der Waals surface area contributed by atoms with Crippen molar-refractivity contribution in [2.24, 2.45) is 0 Å². The van der Waals surface area contributed by atoms with Gasteiger partial charge in [-0.3, -0.25) is 0 Å². The van der Waals surface area contributed by atoms with E-state index in [-0.39, 0.29) is 0 Å². The van der Waals surface area contributed by atoms with Crippen LogP contribution in [0.15, 0.2) is 11.1 Å². The van der Waals surface area contributed by atoms with Crippen molar-refractivity contribution in [2.75, 3.05) is 19.7 Å². The van der Waals surface area contributed by atoms with Crippen LogP contribution in [-0.4, -0.2) is 25.8 Å². The quantitative estimate of drug-likeness (QED) is 0.733. The van der Waals surface area contributed by atoms with Crippen LogP contribution in [0.1, 0.15) is 19.8 Å². The Balaban J connectivity index is 2.13. The molecular weight excluding hydrogens is 174 g/mol. The smallest absolute Gasteiger partial charge is 0.0704 e. The van der Waals surface area contributed by atoms with Gasteiger partial charge >= 0.3 is 0 Å². The highest BCUT2D eigenvalue weighted by Gasteiger charge is 2.12. The largest absolute Gasteiger partial charge is 0.373 e. The van der Waals surface area contributed by atoms with Gasteiger partial charge in [-0.1, -0.05) is 11.6 Å². The van der Waals surface area contributed by atoms with Crippen LogP contribution < -0.4 is 5.32 Å². The van der Waals surface area contributed by atoms with Gasteiger partial charge < -0.3 is 10.1 Å². The van der Waals surface area contributed by atoms with Gasteiger partial charge in [0.1, 0.15) is 0 Å². The lowest BCUT2D eigenvalue weighted by Crippen LogP contribution is -2.35. The molecule has 1 heterocycles. The van der Waals surface area contributed by atoms with Crippen molar-refractivity contribution in [3.63, 3.8) is 0 Å². The third-order valence-corrected chi connectivity index (χ3v) is 2.36. The van der Waals surface area contributed by atoms with Crippen LogP contribution in [0.4, 0.5) is 0 Å². The lowest BCUT2D eigenvalue weighted by molar-refractivity contribution is 0.0519. The lowest BCUT2D eigenvalue weighted by Gasteiger charge is -2.23. The molecule has 0 radical (unpaired) electrons. The minimum Gasteiger partial charge on any atom is -0.373 e. The van der Waals surface area contributed by atoms with Crippen molar-refractivity contribution in [1.82, 2.24) is 5.32 Å². The minimum absolute atomic E-state index is 0.380. The summed E-state index contributed by atoms with van der Waals surface area (Å²) in [5.41, 5.74) is 2.67. The summed E-state index contributed by atoms with van der Waals surface area (Å²) in [5, 5.41) is 3.30. The van der Waals surface area contributed by atoms with Crippen LogP contribution in [0, 0.1) is 0 Å². The van der Waals surface area contributed by atoms with Crippen molar-refractivity contribution >= 4 is 11.6 Å². The molecule has 3 heteroatoms. The van der Waals surface area contributed by atoms with Crippen LogP contribution in [0.25, 0.3) is 0 Å². The number of nitrogens with one attached hydrogen (secondary N) is 1. The normalized spacial score (nSPS) is 25.8. The maximum Gasteiger partial charge on any atom is 0.0704 e. The van der Waals surface area contributed by atoms with Gasteiger partial charge in [0.05, 0.1) is 12.7 Å². The predicted octanol–water partition coefficient (Wildman–Crippen LogP) is 1.90.